The van der Waals surface area contributed by atoms with Crippen molar-refractivity contribution in [3.8, 4) is 0 Å². The van der Waals surface area contributed by atoms with Gasteiger partial charge in [-0.2, -0.15) is 0 Å². The van der Waals surface area contributed by atoms with Crippen LogP contribution in [0.4, 0.5) is 0 Å². The van der Waals surface area contributed by atoms with E-state index in [4.69, 9.17) is 11.6 Å². The maximum absolute atomic E-state index is 9.75. The molecule has 2 nitrogen and oxygen atoms in total. The van der Waals surface area contributed by atoms with Gasteiger partial charge in [0.05, 0.1) is 6.10 Å². The summed E-state index contributed by atoms with van der Waals surface area (Å²) in [5, 5.41) is 10.4. The van der Waals surface area contributed by atoms with Crippen molar-refractivity contribution in [1.82, 2.24) is 4.90 Å². The maximum Gasteiger partial charge on any atom is 0.0931 e. The summed E-state index contributed by atoms with van der Waals surface area (Å²) in [6, 6.07) is 7.36. The Balaban J connectivity index is 2.76. The summed E-state index contributed by atoms with van der Waals surface area (Å²) >= 11 is 5.92. The van der Waals surface area contributed by atoms with Crippen LogP contribution in [0, 0.1) is 0 Å². The molecular weight excluding hydrogens is 186 g/mol. The lowest BCUT2D eigenvalue weighted by molar-refractivity contribution is 0.138. The van der Waals surface area contributed by atoms with Crippen molar-refractivity contribution in [2.24, 2.45) is 0 Å². The van der Waals surface area contributed by atoms with Gasteiger partial charge in [0.15, 0.2) is 0 Å². The van der Waals surface area contributed by atoms with E-state index < -0.39 is 6.10 Å². The van der Waals surface area contributed by atoms with Crippen LogP contribution in [0.15, 0.2) is 24.3 Å². The number of hydrogen-bond donors (Lipinski definition) is 1. The lowest BCUT2D eigenvalue weighted by Crippen LogP contribution is -2.20. The number of likely N-dealkylation sites (N-methyl/N-ethyl adjacent to an activating group) is 1. The topological polar surface area (TPSA) is 23.5 Å². The average molecular weight is 200 g/mol. The normalized spacial score (nSPS) is 13.3. The van der Waals surface area contributed by atoms with Gasteiger partial charge < -0.3 is 10.0 Å². The summed E-state index contributed by atoms with van der Waals surface area (Å²) in [6.07, 6.45) is -0.510. The number of aliphatic hydroxyl groups excluding tert-OH is 1. The lowest BCUT2D eigenvalue weighted by atomic mass is 10.1. The summed E-state index contributed by atoms with van der Waals surface area (Å²) in [7, 11) is 3.83. The molecule has 0 heterocycles. The van der Waals surface area contributed by atoms with Gasteiger partial charge in [-0.3, -0.25) is 0 Å². The molecule has 0 fully saturated rings. The standard InChI is InChI=1S/C10H14ClNO/c1-12(2)7-10(13)8-5-3-4-6-9(8)11/h3-6,10,13H,7H2,1-2H3. The van der Waals surface area contributed by atoms with Crippen molar-refractivity contribution in [2.75, 3.05) is 20.6 Å². The fraction of sp³-hybridized carbons (Fsp3) is 0.400. The van der Waals surface area contributed by atoms with Gasteiger partial charge in [-0.05, 0) is 20.2 Å². The first-order chi connectivity index (χ1) is 6.11. The third kappa shape index (κ3) is 2.99. The molecule has 1 aromatic rings. The highest BCUT2D eigenvalue weighted by Crippen LogP contribution is 2.22. The molecule has 1 unspecified atom stereocenters. The molecule has 1 atom stereocenters. The van der Waals surface area contributed by atoms with E-state index in [2.05, 4.69) is 0 Å². The Morgan fingerprint density at radius 1 is 1.38 bits per heavy atom. The largest absolute Gasteiger partial charge is 0.387 e. The SMILES string of the molecule is CN(C)CC(O)c1ccccc1Cl. The molecule has 0 radical (unpaired) electrons. The highest BCUT2D eigenvalue weighted by Gasteiger charge is 2.10. The number of benzene rings is 1. The van der Waals surface area contributed by atoms with Crippen molar-refractivity contribution in [1.29, 1.82) is 0 Å². The minimum absolute atomic E-state index is 0.510. The second-order valence-corrected chi connectivity index (χ2v) is 3.71. The molecule has 1 N–H and O–H groups in total. The van der Waals surface area contributed by atoms with E-state index in [-0.39, 0.29) is 0 Å². The highest BCUT2D eigenvalue weighted by atomic mass is 35.5. The van der Waals surface area contributed by atoms with Crippen LogP contribution >= 0.6 is 11.6 Å². The number of aliphatic hydroxyl groups is 1. The van der Waals surface area contributed by atoms with Gasteiger partial charge in [0, 0.05) is 17.1 Å². The summed E-state index contributed by atoms with van der Waals surface area (Å²) in [6.45, 7) is 0.587. The van der Waals surface area contributed by atoms with E-state index in [0.29, 0.717) is 11.6 Å². The van der Waals surface area contributed by atoms with E-state index in [0.717, 1.165) is 5.56 Å². The summed E-state index contributed by atoms with van der Waals surface area (Å²) in [5.41, 5.74) is 0.790. The van der Waals surface area contributed by atoms with E-state index in [9.17, 15) is 5.11 Å². The minimum atomic E-state index is -0.510. The summed E-state index contributed by atoms with van der Waals surface area (Å²) in [4.78, 5) is 1.92. The van der Waals surface area contributed by atoms with Gasteiger partial charge in [0.2, 0.25) is 0 Å². The van der Waals surface area contributed by atoms with E-state index in [1.807, 2.05) is 37.2 Å². The van der Waals surface area contributed by atoms with Crippen molar-refractivity contribution in [2.45, 2.75) is 6.10 Å². The third-order valence-corrected chi connectivity index (χ3v) is 2.15. The smallest absolute Gasteiger partial charge is 0.0931 e. The van der Waals surface area contributed by atoms with Gasteiger partial charge in [-0.15, -0.1) is 0 Å². The van der Waals surface area contributed by atoms with Gasteiger partial charge in [-0.25, -0.2) is 0 Å². The molecule has 0 spiro atoms. The lowest BCUT2D eigenvalue weighted by Gasteiger charge is -2.16. The van der Waals surface area contributed by atoms with Crippen LogP contribution in [-0.4, -0.2) is 30.6 Å². The zero-order valence-corrected chi connectivity index (χ0v) is 8.62. The van der Waals surface area contributed by atoms with E-state index >= 15 is 0 Å². The first-order valence-electron chi connectivity index (χ1n) is 4.18. The molecule has 1 rings (SSSR count). The number of nitrogens with zero attached hydrogens (tertiary/aromatic N) is 1. The predicted molar refractivity (Wildman–Crippen MR) is 55.0 cm³/mol. The van der Waals surface area contributed by atoms with Crippen molar-refractivity contribution in [3.05, 3.63) is 34.9 Å². The predicted octanol–water partition coefficient (Wildman–Crippen LogP) is 1.93. The van der Waals surface area contributed by atoms with Crippen LogP contribution in [-0.2, 0) is 0 Å². The monoisotopic (exact) mass is 199 g/mol. The molecule has 0 saturated heterocycles. The van der Waals surface area contributed by atoms with Crippen LogP contribution in [0.2, 0.25) is 5.02 Å². The second kappa shape index (κ2) is 4.61. The molecule has 1 aromatic carbocycles. The van der Waals surface area contributed by atoms with Crippen molar-refractivity contribution in [3.63, 3.8) is 0 Å². The Hall–Kier alpha value is -0.570. The Morgan fingerprint density at radius 2 is 2.00 bits per heavy atom. The molecule has 3 heteroatoms. The van der Waals surface area contributed by atoms with E-state index in [1.54, 1.807) is 6.07 Å². The number of halogens is 1. The van der Waals surface area contributed by atoms with Crippen LogP contribution in [0.25, 0.3) is 0 Å². The number of hydrogen-bond acceptors (Lipinski definition) is 2. The molecule has 0 bridgehead atoms. The fourth-order valence-electron chi connectivity index (χ4n) is 1.19. The van der Waals surface area contributed by atoms with Crippen LogP contribution in [0.5, 0.6) is 0 Å². The molecule has 0 saturated carbocycles. The first-order valence-corrected chi connectivity index (χ1v) is 4.56. The van der Waals surface area contributed by atoms with Gasteiger partial charge in [-0.1, -0.05) is 29.8 Å². The summed E-state index contributed by atoms with van der Waals surface area (Å²) in [5.74, 6) is 0. The molecule has 0 amide bonds. The Labute approximate surface area is 83.7 Å². The van der Waals surface area contributed by atoms with Crippen LogP contribution in [0.3, 0.4) is 0 Å². The minimum Gasteiger partial charge on any atom is -0.387 e. The molecule has 0 aliphatic carbocycles. The van der Waals surface area contributed by atoms with Gasteiger partial charge in [0.1, 0.15) is 0 Å². The Bertz CT molecular complexity index is 275. The Morgan fingerprint density at radius 3 is 2.54 bits per heavy atom. The fourth-order valence-corrected chi connectivity index (χ4v) is 1.45. The molecule has 0 aliphatic rings. The van der Waals surface area contributed by atoms with Gasteiger partial charge >= 0.3 is 0 Å². The second-order valence-electron chi connectivity index (χ2n) is 3.30. The summed E-state index contributed by atoms with van der Waals surface area (Å²) < 4.78 is 0. The van der Waals surface area contributed by atoms with Gasteiger partial charge in [0.25, 0.3) is 0 Å². The van der Waals surface area contributed by atoms with Crippen molar-refractivity contribution >= 4 is 11.6 Å². The Kier molecular flexibility index (Phi) is 3.72. The van der Waals surface area contributed by atoms with Crippen molar-refractivity contribution < 1.29 is 5.11 Å². The molecule has 72 valence electrons. The molecule has 0 aromatic heterocycles. The first kappa shape index (κ1) is 10.5. The molecule has 0 aliphatic heterocycles. The quantitative estimate of drug-likeness (QED) is 0.805. The van der Waals surface area contributed by atoms with E-state index in [1.165, 1.54) is 0 Å². The average Bonchev–Trinajstić information content (AvgIpc) is 2.03. The molecule has 13 heavy (non-hydrogen) atoms. The zero-order chi connectivity index (χ0) is 9.84. The highest BCUT2D eigenvalue weighted by molar-refractivity contribution is 6.31. The zero-order valence-electron chi connectivity index (χ0n) is 7.87. The maximum atomic E-state index is 9.75. The molecular formula is C10H14ClNO. The van der Waals surface area contributed by atoms with Crippen LogP contribution in [0.1, 0.15) is 11.7 Å². The van der Waals surface area contributed by atoms with Crippen LogP contribution < -0.4 is 0 Å². The third-order valence-electron chi connectivity index (χ3n) is 1.80. The number of rotatable bonds is 3.